The summed E-state index contributed by atoms with van der Waals surface area (Å²) in [5.74, 6) is -0.556. The van der Waals surface area contributed by atoms with Crippen molar-refractivity contribution in [3.05, 3.63) is 47.1 Å². The molecule has 1 aliphatic rings. The van der Waals surface area contributed by atoms with Crippen molar-refractivity contribution in [2.75, 3.05) is 107 Å². The molecule has 0 saturated heterocycles. The minimum Gasteiger partial charge on any atom is -0.424 e. The predicted molar refractivity (Wildman–Crippen MR) is 194 cm³/mol. The van der Waals surface area contributed by atoms with Crippen molar-refractivity contribution in [3.63, 3.8) is 0 Å². The Kier molecular flexibility index (Phi) is 24.3. The first-order chi connectivity index (χ1) is 24.8. The third kappa shape index (κ3) is 19.1. The van der Waals surface area contributed by atoms with Gasteiger partial charge in [-0.1, -0.05) is 43.6 Å². The van der Waals surface area contributed by atoms with E-state index in [-0.39, 0.29) is 38.3 Å². The number of hydrogen-bond acceptors (Lipinski definition) is 12. The van der Waals surface area contributed by atoms with Crippen LogP contribution in [0, 0.1) is 5.92 Å². The molecule has 51 heavy (non-hydrogen) atoms. The largest absolute Gasteiger partial charge is 0.424 e. The standard InChI is InChI=1S/C39H62O12/c1-7-8-9-10-32-26-35(50-37(40)28-48-23-21-46-19-17-44-15-13-42-5)39(34-25-31(4)11-12-33(34)30(2)3)36(27-32)51-38(41)29-49-24-22-47-20-18-45-16-14-43-6/h25-27,33-34H,2,7-24,28-29H2,1,3-6H3. The Hall–Kier alpha value is -2.68. The molecule has 0 saturated carbocycles. The molecule has 0 aliphatic heterocycles. The smallest absolute Gasteiger partial charge is 0.337 e. The topological polar surface area (TPSA) is 126 Å². The summed E-state index contributed by atoms with van der Waals surface area (Å²) in [6, 6.07) is 3.79. The highest BCUT2D eigenvalue weighted by atomic mass is 16.6. The Morgan fingerprint density at radius 1 is 0.706 bits per heavy atom. The van der Waals surface area contributed by atoms with Crippen LogP contribution in [-0.4, -0.2) is 119 Å². The van der Waals surface area contributed by atoms with Crippen LogP contribution in [0.25, 0.3) is 0 Å². The lowest BCUT2D eigenvalue weighted by molar-refractivity contribution is -0.140. The highest BCUT2D eigenvalue weighted by molar-refractivity contribution is 5.77. The molecule has 0 bridgehead atoms. The van der Waals surface area contributed by atoms with Gasteiger partial charge in [0.1, 0.15) is 24.7 Å². The molecule has 2 unspecified atom stereocenters. The molecular weight excluding hydrogens is 660 g/mol. The number of benzene rings is 1. The van der Waals surface area contributed by atoms with Gasteiger partial charge in [0.25, 0.3) is 0 Å². The zero-order valence-corrected chi connectivity index (χ0v) is 31.6. The van der Waals surface area contributed by atoms with Gasteiger partial charge in [-0.05, 0) is 63.1 Å². The molecule has 0 spiro atoms. The number of rotatable bonds is 30. The minimum absolute atomic E-state index is 0.0632. The van der Waals surface area contributed by atoms with Crippen LogP contribution < -0.4 is 9.47 Å². The van der Waals surface area contributed by atoms with E-state index in [1.54, 1.807) is 14.2 Å². The monoisotopic (exact) mass is 722 g/mol. The van der Waals surface area contributed by atoms with Crippen molar-refractivity contribution in [3.8, 4) is 11.5 Å². The summed E-state index contributed by atoms with van der Waals surface area (Å²) in [5.41, 5.74) is 3.76. The Morgan fingerprint density at radius 2 is 1.16 bits per heavy atom. The maximum absolute atomic E-state index is 13.2. The summed E-state index contributed by atoms with van der Waals surface area (Å²) < 4.78 is 54.9. The van der Waals surface area contributed by atoms with E-state index < -0.39 is 11.9 Å². The zero-order chi connectivity index (χ0) is 37.1. The van der Waals surface area contributed by atoms with Crippen molar-refractivity contribution < 1.29 is 57.0 Å². The molecule has 1 aromatic rings. The van der Waals surface area contributed by atoms with Crippen molar-refractivity contribution in [1.29, 1.82) is 0 Å². The first-order valence-corrected chi connectivity index (χ1v) is 18.2. The van der Waals surface area contributed by atoms with Crippen molar-refractivity contribution >= 4 is 11.9 Å². The summed E-state index contributed by atoms with van der Waals surface area (Å²) >= 11 is 0. The van der Waals surface area contributed by atoms with Gasteiger partial charge in [0.15, 0.2) is 0 Å². The van der Waals surface area contributed by atoms with Crippen LogP contribution in [0.1, 0.15) is 69.9 Å². The molecule has 2 rings (SSSR count). The molecule has 1 aromatic carbocycles. The first kappa shape index (κ1) is 44.5. The molecule has 0 N–H and O–H groups in total. The van der Waals surface area contributed by atoms with Gasteiger partial charge in [-0.2, -0.15) is 0 Å². The normalized spacial score (nSPS) is 15.8. The maximum atomic E-state index is 13.2. The second-order valence-corrected chi connectivity index (χ2v) is 12.5. The van der Waals surface area contributed by atoms with Crippen LogP contribution in [0.2, 0.25) is 0 Å². The first-order valence-electron chi connectivity index (χ1n) is 18.2. The summed E-state index contributed by atoms with van der Waals surface area (Å²) in [4.78, 5) is 26.4. The van der Waals surface area contributed by atoms with E-state index in [2.05, 4.69) is 26.5 Å². The maximum Gasteiger partial charge on any atom is 0.337 e. The summed E-state index contributed by atoms with van der Waals surface area (Å²) in [7, 11) is 3.24. The van der Waals surface area contributed by atoms with Crippen LogP contribution in [0.4, 0.5) is 0 Å². The Balaban J connectivity index is 2.17. The number of methoxy groups -OCH3 is 2. The number of aryl methyl sites for hydroxylation is 1. The van der Waals surface area contributed by atoms with Crippen molar-refractivity contribution in [2.45, 2.75) is 65.2 Å². The highest BCUT2D eigenvalue weighted by Crippen LogP contribution is 2.47. The lowest BCUT2D eigenvalue weighted by atomic mass is 9.73. The molecule has 12 heteroatoms. The second kappa shape index (κ2) is 27.9. The number of allylic oxidation sites excluding steroid dienone is 3. The van der Waals surface area contributed by atoms with Crippen LogP contribution in [0.3, 0.4) is 0 Å². The molecule has 1 aliphatic carbocycles. The summed E-state index contributed by atoms with van der Waals surface area (Å²) in [6.07, 6.45) is 7.74. The fourth-order valence-corrected chi connectivity index (χ4v) is 5.56. The van der Waals surface area contributed by atoms with Crippen LogP contribution in [0.15, 0.2) is 35.9 Å². The average Bonchev–Trinajstić information content (AvgIpc) is 3.10. The van der Waals surface area contributed by atoms with Gasteiger partial charge in [0.05, 0.1) is 79.3 Å². The van der Waals surface area contributed by atoms with Crippen LogP contribution in [-0.2, 0) is 53.9 Å². The van der Waals surface area contributed by atoms with Gasteiger partial charge in [0, 0.05) is 25.7 Å². The Morgan fingerprint density at radius 3 is 1.59 bits per heavy atom. The fraction of sp³-hybridized carbons (Fsp3) is 0.692. The van der Waals surface area contributed by atoms with Crippen LogP contribution in [0.5, 0.6) is 11.5 Å². The quantitative estimate of drug-likeness (QED) is 0.0422. The molecule has 0 heterocycles. The zero-order valence-electron chi connectivity index (χ0n) is 31.6. The van der Waals surface area contributed by atoms with E-state index in [0.29, 0.717) is 83.1 Å². The highest BCUT2D eigenvalue weighted by Gasteiger charge is 2.32. The van der Waals surface area contributed by atoms with Gasteiger partial charge in [-0.3, -0.25) is 0 Å². The van der Waals surface area contributed by atoms with Crippen LogP contribution >= 0.6 is 0 Å². The van der Waals surface area contributed by atoms with Gasteiger partial charge >= 0.3 is 11.9 Å². The fourth-order valence-electron chi connectivity index (χ4n) is 5.56. The van der Waals surface area contributed by atoms with Gasteiger partial charge < -0.3 is 47.4 Å². The molecule has 290 valence electrons. The predicted octanol–water partition coefficient (Wildman–Crippen LogP) is 5.64. The van der Waals surface area contributed by atoms with Gasteiger partial charge in [-0.25, -0.2) is 9.59 Å². The Bertz CT molecular complexity index is 1110. The molecule has 12 nitrogen and oxygen atoms in total. The molecule has 0 amide bonds. The van der Waals surface area contributed by atoms with E-state index in [4.69, 9.17) is 47.4 Å². The van der Waals surface area contributed by atoms with Gasteiger partial charge in [-0.15, -0.1) is 0 Å². The number of esters is 2. The Labute approximate surface area is 305 Å². The van der Waals surface area contributed by atoms with E-state index >= 15 is 0 Å². The lowest BCUT2D eigenvalue weighted by Gasteiger charge is -2.32. The van der Waals surface area contributed by atoms with E-state index in [9.17, 15) is 9.59 Å². The molecule has 0 fully saturated rings. The third-order valence-corrected chi connectivity index (χ3v) is 8.19. The third-order valence-electron chi connectivity index (χ3n) is 8.19. The van der Waals surface area contributed by atoms with E-state index in [0.717, 1.165) is 49.7 Å². The molecular formula is C39H62O12. The van der Waals surface area contributed by atoms with Crippen molar-refractivity contribution in [2.24, 2.45) is 5.92 Å². The molecule has 0 aromatic heterocycles. The number of hydrogen-bond donors (Lipinski definition) is 0. The van der Waals surface area contributed by atoms with Crippen molar-refractivity contribution in [1.82, 2.24) is 0 Å². The number of carbonyl (C=O) groups excluding carboxylic acids is 2. The summed E-state index contributed by atoms with van der Waals surface area (Å²) in [5, 5.41) is 0. The SMILES string of the molecule is C=C(C)C1CCC(C)=CC1c1c(OC(=O)COCCOCCOCCOC)cc(CCCCC)cc1OC(=O)COCCOCCOCCOC. The van der Waals surface area contributed by atoms with E-state index in [1.165, 1.54) is 5.57 Å². The minimum atomic E-state index is -0.557. The molecule has 2 atom stereocenters. The van der Waals surface area contributed by atoms with Gasteiger partial charge in [0.2, 0.25) is 0 Å². The number of carbonyl (C=O) groups is 2. The summed E-state index contributed by atoms with van der Waals surface area (Å²) in [6.45, 7) is 14.8. The lowest BCUT2D eigenvalue weighted by Crippen LogP contribution is -2.24. The molecule has 0 radical (unpaired) electrons. The van der Waals surface area contributed by atoms with E-state index in [1.807, 2.05) is 19.1 Å². The number of ether oxygens (including phenoxy) is 10. The average molecular weight is 723 g/mol. The number of unbranched alkanes of at least 4 members (excludes halogenated alkanes) is 2. The second-order valence-electron chi connectivity index (χ2n) is 12.5.